The number of rotatable bonds is 4. The summed E-state index contributed by atoms with van der Waals surface area (Å²) in [4.78, 5) is 15.3. The third-order valence-corrected chi connectivity index (χ3v) is 3.54. The molecule has 0 saturated carbocycles. The molecule has 0 radical (unpaired) electrons. The Hall–Kier alpha value is -2.62. The molecule has 2 rings (SSSR count). The standard InChI is InChI=1S/C13H15N7OS/c14-11(21)8-3-1-7(2-4-8)9-5-6-18-13(22-17)10(9)12(19-15)20-16/h1-6H,15-17H2,(H2,14,21)(H,19,20). The van der Waals surface area contributed by atoms with E-state index in [1.54, 1.807) is 36.5 Å². The highest BCUT2D eigenvalue weighted by atomic mass is 32.2. The average molecular weight is 317 g/mol. The Morgan fingerprint density at radius 3 is 2.41 bits per heavy atom. The highest BCUT2D eigenvalue weighted by Gasteiger charge is 2.16. The number of carbonyl (C=O) groups excluding carboxylic acids is 1. The van der Waals surface area contributed by atoms with Gasteiger partial charge in [-0.25, -0.2) is 10.8 Å². The Morgan fingerprint density at radius 1 is 1.23 bits per heavy atom. The van der Waals surface area contributed by atoms with Crippen LogP contribution in [-0.2, 0) is 0 Å². The Labute approximate surface area is 131 Å². The summed E-state index contributed by atoms with van der Waals surface area (Å²) in [6.45, 7) is 0. The number of benzene rings is 1. The van der Waals surface area contributed by atoms with Crippen molar-refractivity contribution in [3.05, 3.63) is 47.7 Å². The zero-order chi connectivity index (χ0) is 16.1. The van der Waals surface area contributed by atoms with Crippen LogP contribution in [0.5, 0.6) is 0 Å². The van der Waals surface area contributed by atoms with Crippen LogP contribution in [0.4, 0.5) is 0 Å². The number of aromatic nitrogens is 1. The highest BCUT2D eigenvalue weighted by Crippen LogP contribution is 2.28. The van der Waals surface area contributed by atoms with Crippen molar-refractivity contribution in [3.63, 3.8) is 0 Å². The number of hydrazone groups is 1. The van der Waals surface area contributed by atoms with Crippen molar-refractivity contribution in [2.45, 2.75) is 5.03 Å². The van der Waals surface area contributed by atoms with Crippen LogP contribution < -0.4 is 28.0 Å². The largest absolute Gasteiger partial charge is 0.366 e. The quantitative estimate of drug-likeness (QED) is 0.173. The van der Waals surface area contributed by atoms with Crippen LogP contribution in [0.25, 0.3) is 11.1 Å². The molecule has 0 aliphatic heterocycles. The first-order valence-electron chi connectivity index (χ1n) is 6.13. The lowest BCUT2D eigenvalue weighted by atomic mass is 9.99. The Balaban J connectivity index is 2.62. The van der Waals surface area contributed by atoms with Gasteiger partial charge in [-0.05, 0) is 41.3 Å². The van der Waals surface area contributed by atoms with E-state index >= 15 is 0 Å². The summed E-state index contributed by atoms with van der Waals surface area (Å²) in [7, 11) is 0. The molecule has 22 heavy (non-hydrogen) atoms. The molecule has 2 aromatic rings. The van der Waals surface area contributed by atoms with Gasteiger partial charge in [0.1, 0.15) is 5.03 Å². The smallest absolute Gasteiger partial charge is 0.248 e. The molecule has 1 aromatic heterocycles. The first-order chi connectivity index (χ1) is 10.6. The zero-order valence-corrected chi connectivity index (χ0v) is 12.3. The molecule has 0 aliphatic carbocycles. The lowest BCUT2D eigenvalue weighted by molar-refractivity contribution is 0.100. The van der Waals surface area contributed by atoms with Crippen molar-refractivity contribution < 1.29 is 4.79 Å². The second kappa shape index (κ2) is 6.89. The summed E-state index contributed by atoms with van der Waals surface area (Å²) in [5.41, 5.74) is 10.2. The monoisotopic (exact) mass is 317 g/mol. The summed E-state index contributed by atoms with van der Waals surface area (Å²) in [5.74, 6) is 10.6. The number of nitrogens with one attached hydrogen (secondary N) is 1. The fourth-order valence-electron chi connectivity index (χ4n) is 1.99. The molecule has 1 amide bonds. The molecule has 0 aliphatic rings. The van der Waals surface area contributed by atoms with E-state index in [0.29, 0.717) is 16.2 Å². The van der Waals surface area contributed by atoms with Crippen molar-refractivity contribution in [1.29, 1.82) is 0 Å². The second-order valence-corrected chi connectivity index (χ2v) is 4.84. The van der Waals surface area contributed by atoms with Gasteiger partial charge in [0.25, 0.3) is 0 Å². The second-order valence-electron chi connectivity index (χ2n) is 4.22. The van der Waals surface area contributed by atoms with Gasteiger partial charge in [-0.15, -0.1) is 0 Å². The van der Waals surface area contributed by atoms with E-state index in [4.69, 9.17) is 22.6 Å². The maximum atomic E-state index is 11.1. The number of amides is 1. The fourth-order valence-corrected chi connectivity index (χ4v) is 2.44. The molecule has 0 saturated heterocycles. The molecule has 8 nitrogen and oxygen atoms in total. The summed E-state index contributed by atoms with van der Waals surface area (Å²) in [6.07, 6.45) is 1.61. The molecule has 1 aromatic carbocycles. The van der Waals surface area contributed by atoms with E-state index in [-0.39, 0.29) is 5.84 Å². The molecule has 1 heterocycles. The van der Waals surface area contributed by atoms with E-state index in [1.165, 1.54) is 0 Å². The van der Waals surface area contributed by atoms with Gasteiger partial charge in [0.05, 0.1) is 5.56 Å². The van der Waals surface area contributed by atoms with Gasteiger partial charge in [0.2, 0.25) is 5.91 Å². The number of carbonyl (C=O) groups is 1. The van der Waals surface area contributed by atoms with E-state index < -0.39 is 5.91 Å². The number of nitrogens with zero attached hydrogens (tertiary/aromatic N) is 2. The van der Waals surface area contributed by atoms with Gasteiger partial charge in [-0.2, -0.15) is 5.10 Å². The van der Waals surface area contributed by atoms with Crippen LogP contribution in [0.1, 0.15) is 15.9 Å². The minimum absolute atomic E-state index is 0.245. The van der Waals surface area contributed by atoms with Gasteiger partial charge in [-0.1, -0.05) is 12.1 Å². The van der Waals surface area contributed by atoms with Crippen molar-refractivity contribution >= 4 is 23.7 Å². The van der Waals surface area contributed by atoms with Crippen molar-refractivity contribution in [2.24, 2.45) is 27.7 Å². The maximum Gasteiger partial charge on any atom is 0.248 e. The Bertz CT molecular complexity index is 715. The van der Waals surface area contributed by atoms with Gasteiger partial charge in [0, 0.05) is 11.8 Å². The molecule has 0 fully saturated rings. The zero-order valence-electron chi connectivity index (χ0n) is 11.5. The molecule has 0 bridgehead atoms. The van der Waals surface area contributed by atoms with Crippen LogP contribution in [0.15, 0.2) is 46.7 Å². The van der Waals surface area contributed by atoms with Crippen molar-refractivity contribution in [3.8, 4) is 11.1 Å². The lowest BCUT2D eigenvalue weighted by Gasteiger charge is -2.14. The third kappa shape index (κ3) is 3.01. The summed E-state index contributed by atoms with van der Waals surface area (Å²) in [6, 6.07) is 8.55. The molecule has 9 N–H and O–H groups in total. The normalized spacial score (nSPS) is 11.3. The minimum Gasteiger partial charge on any atom is -0.366 e. The SMILES string of the molecule is N/N=C(\NN)c1c(-c2ccc(C(N)=O)cc2)ccnc1SN. The first kappa shape index (κ1) is 15.8. The van der Waals surface area contributed by atoms with Gasteiger partial charge < -0.3 is 17.0 Å². The van der Waals surface area contributed by atoms with E-state index in [0.717, 1.165) is 23.1 Å². The van der Waals surface area contributed by atoms with Crippen LogP contribution >= 0.6 is 11.9 Å². The predicted octanol–water partition coefficient (Wildman–Crippen LogP) is -0.103. The summed E-state index contributed by atoms with van der Waals surface area (Å²) >= 11 is 0.954. The number of pyridine rings is 1. The molecule has 9 heteroatoms. The summed E-state index contributed by atoms with van der Waals surface area (Å²) < 4.78 is 0. The summed E-state index contributed by atoms with van der Waals surface area (Å²) in [5, 5.41) is 9.76. The maximum absolute atomic E-state index is 11.1. The lowest BCUT2D eigenvalue weighted by Crippen LogP contribution is -2.33. The van der Waals surface area contributed by atoms with Gasteiger partial charge >= 0.3 is 0 Å². The predicted molar refractivity (Wildman–Crippen MR) is 86.3 cm³/mol. The number of hydrogen-bond donors (Lipinski definition) is 5. The first-order valence-corrected chi connectivity index (χ1v) is 7.01. The van der Waals surface area contributed by atoms with E-state index in [9.17, 15) is 4.79 Å². The topological polar surface area (TPSA) is 158 Å². The van der Waals surface area contributed by atoms with Crippen molar-refractivity contribution in [2.75, 3.05) is 0 Å². The number of nitrogens with two attached hydrogens (primary N) is 4. The highest BCUT2D eigenvalue weighted by molar-refractivity contribution is 7.97. The van der Waals surface area contributed by atoms with E-state index in [1.807, 2.05) is 0 Å². The minimum atomic E-state index is -0.493. The molecule has 114 valence electrons. The van der Waals surface area contributed by atoms with Crippen LogP contribution in [0.2, 0.25) is 0 Å². The number of primary amides is 1. The molecule has 0 unspecified atom stereocenters. The van der Waals surface area contributed by atoms with Crippen molar-refractivity contribution in [1.82, 2.24) is 10.4 Å². The third-order valence-electron chi connectivity index (χ3n) is 3.01. The van der Waals surface area contributed by atoms with Crippen LogP contribution in [-0.4, -0.2) is 16.7 Å². The molecule has 0 spiro atoms. The number of amidine groups is 1. The average Bonchev–Trinajstić information content (AvgIpc) is 2.56. The van der Waals surface area contributed by atoms with Crippen LogP contribution in [0, 0.1) is 0 Å². The molecule has 0 atom stereocenters. The Morgan fingerprint density at radius 2 is 1.91 bits per heavy atom. The fraction of sp³-hybridized carbons (Fsp3) is 0. The van der Waals surface area contributed by atoms with E-state index in [2.05, 4.69) is 15.5 Å². The van der Waals surface area contributed by atoms with Crippen LogP contribution in [0.3, 0.4) is 0 Å². The number of hydrazine groups is 1. The molecular weight excluding hydrogens is 302 g/mol. The van der Waals surface area contributed by atoms with Gasteiger partial charge in [-0.3, -0.25) is 9.93 Å². The number of hydrogen-bond acceptors (Lipinski definition) is 7. The Kier molecular flexibility index (Phi) is 4.94. The molecular formula is C13H15N7OS. The van der Waals surface area contributed by atoms with Gasteiger partial charge in [0.15, 0.2) is 5.84 Å².